The van der Waals surface area contributed by atoms with E-state index in [0.717, 1.165) is 11.1 Å². The Labute approximate surface area is 198 Å². The monoisotopic (exact) mass is 455 g/mol. The van der Waals surface area contributed by atoms with E-state index in [1.54, 1.807) is 30.3 Å². The van der Waals surface area contributed by atoms with Crippen LogP contribution < -0.4 is 14.4 Å². The van der Waals surface area contributed by atoms with E-state index in [1.807, 2.05) is 55.5 Å². The maximum atomic E-state index is 13.3. The summed E-state index contributed by atoms with van der Waals surface area (Å²) in [7, 11) is 3.05. The summed E-state index contributed by atoms with van der Waals surface area (Å²) >= 11 is 0. The summed E-state index contributed by atoms with van der Waals surface area (Å²) in [6.45, 7) is 1.91. The van der Waals surface area contributed by atoms with Gasteiger partial charge in [-0.3, -0.25) is 14.5 Å². The van der Waals surface area contributed by atoms with Gasteiger partial charge in [-0.25, -0.2) is 0 Å². The molecule has 1 aliphatic heterocycles. The van der Waals surface area contributed by atoms with Crippen molar-refractivity contribution in [2.24, 2.45) is 0 Å². The van der Waals surface area contributed by atoms with Crippen LogP contribution >= 0.6 is 0 Å². The van der Waals surface area contributed by atoms with Crippen molar-refractivity contribution in [3.63, 3.8) is 0 Å². The highest BCUT2D eigenvalue weighted by molar-refractivity contribution is 6.19. The van der Waals surface area contributed by atoms with E-state index in [2.05, 4.69) is 0 Å². The topological polar surface area (TPSA) is 76.1 Å². The Morgan fingerprint density at radius 2 is 1.68 bits per heavy atom. The summed E-state index contributed by atoms with van der Waals surface area (Å²) < 4.78 is 10.8. The van der Waals surface area contributed by atoms with Crippen LogP contribution in [0.4, 0.5) is 5.69 Å². The number of hydrogen-bond donors (Lipinski definition) is 1. The van der Waals surface area contributed by atoms with Crippen LogP contribution in [0.15, 0.2) is 90.2 Å². The minimum Gasteiger partial charge on any atom is -0.503 e. The molecule has 6 nitrogen and oxygen atoms in total. The zero-order valence-electron chi connectivity index (χ0n) is 19.2. The molecule has 34 heavy (non-hydrogen) atoms. The predicted molar refractivity (Wildman–Crippen MR) is 131 cm³/mol. The fourth-order valence-corrected chi connectivity index (χ4v) is 4.07. The normalized spacial score (nSPS) is 15.8. The van der Waals surface area contributed by atoms with Crippen molar-refractivity contribution in [1.82, 2.24) is 0 Å². The van der Waals surface area contributed by atoms with E-state index in [1.165, 1.54) is 25.2 Å². The van der Waals surface area contributed by atoms with Gasteiger partial charge in [-0.2, -0.15) is 0 Å². The van der Waals surface area contributed by atoms with E-state index < -0.39 is 23.5 Å². The average molecular weight is 456 g/mol. The van der Waals surface area contributed by atoms with E-state index in [4.69, 9.17) is 9.47 Å². The number of aryl methyl sites for hydroxylation is 1. The van der Waals surface area contributed by atoms with Crippen LogP contribution in [0.1, 0.15) is 22.7 Å². The van der Waals surface area contributed by atoms with E-state index in [-0.39, 0.29) is 5.57 Å². The number of rotatable bonds is 7. The number of nitrogens with zero attached hydrogens (tertiary/aromatic N) is 1. The Morgan fingerprint density at radius 1 is 0.941 bits per heavy atom. The molecule has 1 N–H and O–H groups in total. The Hall–Kier alpha value is -4.32. The molecule has 6 heteroatoms. The number of ether oxygens (including phenoxy) is 2. The van der Waals surface area contributed by atoms with Crippen LogP contribution in [0.25, 0.3) is 6.08 Å². The van der Waals surface area contributed by atoms with Gasteiger partial charge < -0.3 is 14.6 Å². The Balaban J connectivity index is 1.83. The fourth-order valence-electron chi connectivity index (χ4n) is 4.07. The molecule has 1 atom stereocenters. The molecule has 0 bridgehead atoms. The molecule has 3 aromatic rings. The molecular weight excluding hydrogens is 430 g/mol. The third kappa shape index (κ3) is 4.30. The number of amides is 1. The van der Waals surface area contributed by atoms with Gasteiger partial charge in [0.2, 0.25) is 0 Å². The standard InChI is InChI=1S/C28H25NO5/c1-18-8-7-11-21(16-18)29-26(20-13-15-23(33-2)24(17-20)34-3)25(27(31)28(29)32)22(30)14-12-19-9-5-4-6-10-19/h4-17,26,31H,1-3H3/b14-12+/t26-/m0/s1. The molecule has 1 amide bonds. The predicted octanol–water partition coefficient (Wildman–Crippen LogP) is 5.19. The molecule has 1 heterocycles. The zero-order chi connectivity index (χ0) is 24.2. The van der Waals surface area contributed by atoms with Crippen molar-refractivity contribution in [3.05, 3.63) is 107 Å². The minimum absolute atomic E-state index is 0.00547. The molecular formula is C28H25NO5. The Morgan fingerprint density at radius 3 is 2.35 bits per heavy atom. The van der Waals surface area contributed by atoms with Crippen molar-refractivity contribution in [2.75, 3.05) is 19.1 Å². The molecule has 0 fully saturated rings. The zero-order valence-corrected chi connectivity index (χ0v) is 19.2. The van der Waals surface area contributed by atoms with Crippen molar-refractivity contribution in [2.45, 2.75) is 13.0 Å². The molecule has 172 valence electrons. The smallest absolute Gasteiger partial charge is 0.294 e. The summed E-state index contributed by atoms with van der Waals surface area (Å²) in [5, 5.41) is 10.9. The van der Waals surface area contributed by atoms with Crippen molar-refractivity contribution in [1.29, 1.82) is 0 Å². The second kappa shape index (κ2) is 9.67. The first kappa shape index (κ1) is 22.9. The molecule has 1 aliphatic rings. The fraction of sp³-hybridized carbons (Fsp3) is 0.143. The van der Waals surface area contributed by atoms with Crippen LogP contribution in [0, 0.1) is 6.92 Å². The number of ketones is 1. The van der Waals surface area contributed by atoms with Crippen LogP contribution in [-0.4, -0.2) is 31.0 Å². The summed E-state index contributed by atoms with van der Waals surface area (Å²) in [4.78, 5) is 28.0. The summed E-state index contributed by atoms with van der Waals surface area (Å²) in [5.41, 5.74) is 2.96. The van der Waals surface area contributed by atoms with Gasteiger partial charge in [-0.15, -0.1) is 0 Å². The van der Waals surface area contributed by atoms with E-state index in [0.29, 0.717) is 22.7 Å². The molecule has 0 radical (unpaired) electrons. The lowest BCUT2D eigenvalue weighted by Gasteiger charge is -2.27. The number of benzene rings is 3. The Bertz CT molecular complexity index is 1290. The number of carbonyl (C=O) groups is 2. The molecule has 4 rings (SSSR count). The van der Waals surface area contributed by atoms with Gasteiger partial charge in [0.1, 0.15) is 0 Å². The lowest BCUT2D eigenvalue weighted by Crippen LogP contribution is -2.31. The van der Waals surface area contributed by atoms with Crippen molar-refractivity contribution < 1.29 is 24.2 Å². The summed E-state index contributed by atoms with van der Waals surface area (Å²) in [6, 6.07) is 21.0. The van der Waals surface area contributed by atoms with E-state index >= 15 is 0 Å². The molecule has 0 unspecified atom stereocenters. The second-order valence-corrected chi connectivity index (χ2v) is 7.90. The first-order valence-electron chi connectivity index (χ1n) is 10.8. The molecule has 0 aromatic heterocycles. The van der Waals surface area contributed by atoms with Gasteiger partial charge in [0.05, 0.1) is 25.8 Å². The first-order chi connectivity index (χ1) is 16.4. The quantitative estimate of drug-likeness (QED) is 0.496. The molecule has 0 saturated heterocycles. The lowest BCUT2D eigenvalue weighted by molar-refractivity contribution is -0.117. The highest BCUT2D eigenvalue weighted by Crippen LogP contribution is 2.43. The SMILES string of the molecule is COc1ccc([C@H]2C(C(=O)/C=C/c3ccccc3)=C(O)C(=O)N2c2cccc(C)c2)cc1OC. The van der Waals surface area contributed by atoms with Gasteiger partial charge >= 0.3 is 0 Å². The third-order valence-electron chi connectivity index (χ3n) is 5.70. The van der Waals surface area contributed by atoms with Crippen molar-refractivity contribution >= 4 is 23.5 Å². The minimum atomic E-state index is -0.845. The van der Waals surface area contributed by atoms with Gasteiger partial charge in [0.25, 0.3) is 5.91 Å². The van der Waals surface area contributed by atoms with E-state index in [9.17, 15) is 14.7 Å². The number of allylic oxidation sites excluding steroid dienone is 1. The maximum absolute atomic E-state index is 13.3. The average Bonchev–Trinajstić information content (AvgIpc) is 3.13. The van der Waals surface area contributed by atoms with Crippen LogP contribution in [-0.2, 0) is 9.59 Å². The number of anilines is 1. The molecule has 3 aromatic carbocycles. The lowest BCUT2D eigenvalue weighted by atomic mass is 9.94. The third-order valence-corrected chi connectivity index (χ3v) is 5.70. The molecule has 0 spiro atoms. The molecule has 0 saturated carbocycles. The highest BCUT2D eigenvalue weighted by atomic mass is 16.5. The number of aliphatic hydroxyl groups excluding tert-OH is 1. The van der Waals surface area contributed by atoms with Crippen LogP contribution in [0.5, 0.6) is 11.5 Å². The second-order valence-electron chi connectivity index (χ2n) is 7.90. The van der Waals surface area contributed by atoms with Crippen LogP contribution in [0.3, 0.4) is 0 Å². The molecule has 0 aliphatic carbocycles. The van der Waals surface area contributed by atoms with Gasteiger partial charge in [0, 0.05) is 5.69 Å². The number of methoxy groups -OCH3 is 2. The Kier molecular flexibility index (Phi) is 6.50. The van der Waals surface area contributed by atoms with Gasteiger partial charge in [0.15, 0.2) is 23.0 Å². The number of aliphatic hydroxyl groups is 1. The van der Waals surface area contributed by atoms with Gasteiger partial charge in [-0.05, 0) is 54.0 Å². The van der Waals surface area contributed by atoms with Crippen molar-refractivity contribution in [3.8, 4) is 11.5 Å². The summed E-state index contributed by atoms with van der Waals surface area (Å²) in [6.07, 6.45) is 3.04. The van der Waals surface area contributed by atoms with Gasteiger partial charge in [-0.1, -0.05) is 54.6 Å². The largest absolute Gasteiger partial charge is 0.503 e. The first-order valence-corrected chi connectivity index (χ1v) is 10.8. The van der Waals surface area contributed by atoms with Crippen LogP contribution in [0.2, 0.25) is 0 Å². The maximum Gasteiger partial charge on any atom is 0.294 e. The summed E-state index contributed by atoms with van der Waals surface area (Å²) in [5.74, 6) is -0.687. The number of hydrogen-bond acceptors (Lipinski definition) is 5. The number of carbonyl (C=O) groups excluding carboxylic acids is 2. The highest BCUT2D eigenvalue weighted by Gasteiger charge is 2.44.